The SMILES string of the molecule is CCOC(O)c1cc(-c2cccc(C)c2)sc1NC(=O)COC(=O)c1cccc(NS(C)(=O)=O)c1. The summed E-state index contributed by atoms with van der Waals surface area (Å²) in [6, 6.07) is 15.3. The summed E-state index contributed by atoms with van der Waals surface area (Å²) >= 11 is 1.26. The number of sulfonamides is 1. The molecule has 1 amide bonds. The lowest BCUT2D eigenvalue weighted by atomic mass is 10.1. The van der Waals surface area contributed by atoms with Crippen molar-refractivity contribution >= 4 is 43.9 Å². The molecule has 35 heavy (non-hydrogen) atoms. The molecule has 186 valence electrons. The lowest BCUT2D eigenvalue weighted by molar-refractivity contribution is -0.119. The number of aliphatic hydroxyl groups is 1. The Kier molecular flexibility index (Phi) is 8.62. The minimum absolute atomic E-state index is 0.0803. The highest BCUT2D eigenvalue weighted by molar-refractivity contribution is 7.92. The van der Waals surface area contributed by atoms with Gasteiger partial charge < -0.3 is 19.9 Å². The van der Waals surface area contributed by atoms with Gasteiger partial charge in [-0.2, -0.15) is 0 Å². The van der Waals surface area contributed by atoms with Crippen molar-refractivity contribution in [2.24, 2.45) is 0 Å². The smallest absolute Gasteiger partial charge is 0.338 e. The molecular formula is C24H26N2O7S2. The van der Waals surface area contributed by atoms with E-state index in [4.69, 9.17) is 9.47 Å². The van der Waals surface area contributed by atoms with Crippen molar-refractivity contribution in [2.45, 2.75) is 20.1 Å². The first-order chi connectivity index (χ1) is 16.6. The van der Waals surface area contributed by atoms with Crippen LogP contribution in [-0.2, 0) is 24.3 Å². The first kappa shape index (κ1) is 26.4. The molecule has 0 bridgehead atoms. The highest BCUT2D eigenvalue weighted by atomic mass is 32.2. The maximum Gasteiger partial charge on any atom is 0.338 e. The molecule has 1 unspecified atom stereocenters. The van der Waals surface area contributed by atoms with Crippen LogP contribution in [0.25, 0.3) is 10.4 Å². The van der Waals surface area contributed by atoms with Crippen molar-refractivity contribution in [3.63, 3.8) is 0 Å². The number of aryl methyl sites for hydroxylation is 1. The van der Waals surface area contributed by atoms with E-state index in [1.807, 2.05) is 31.2 Å². The zero-order valence-corrected chi connectivity index (χ0v) is 21.0. The number of hydrogen-bond donors (Lipinski definition) is 3. The molecule has 1 aromatic heterocycles. The number of esters is 1. The molecule has 0 saturated heterocycles. The van der Waals surface area contributed by atoms with Gasteiger partial charge in [0.25, 0.3) is 5.91 Å². The predicted molar refractivity (Wildman–Crippen MR) is 135 cm³/mol. The number of rotatable bonds is 10. The summed E-state index contributed by atoms with van der Waals surface area (Å²) in [5.41, 5.74) is 2.66. The van der Waals surface area contributed by atoms with Crippen LogP contribution < -0.4 is 10.0 Å². The summed E-state index contributed by atoms with van der Waals surface area (Å²) < 4.78 is 35.4. The Morgan fingerprint density at radius 3 is 2.54 bits per heavy atom. The average molecular weight is 519 g/mol. The van der Waals surface area contributed by atoms with Gasteiger partial charge in [0.1, 0.15) is 5.00 Å². The van der Waals surface area contributed by atoms with Crippen LogP contribution in [0, 0.1) is 6.92 Å². The van der Waals surface area contributed by atoms with Gasteiger partial charge in [0.2, 0.25) is 10.0 Å². The van der Waals surface area contributed by atoms with Gasteiger partial charge in [-0.1, -0.05) is 35.9 Å². The van der Waals surface area contributed by atoms with Crippen LogP contribution in [0.2, 0.25) is 0 Å². The van der Waals surface area contributed by atoms with Gasteiger partial charge in [0.15, 0.2) is 12.9 Å². The number of aliphatic hydroxyl groups excluding tert-OH is 1. The summed E-state index contributed by atoms with van der Waals surface area (Å²) in [6.07, 6.45) is -0.244. The second kappa shape index (κ2) is 11.5. The van der Waals surface area contributed by atoms with Crippen LogP contribution in [0.4, 0.5) is 10.7 Å². The van der Waals surface area contributed by atoms with Gasteiger partial charge in [-0.3, -0.25) is 9.52 Å². The number of ether oxygens (including phenoxy) is 2. The Morgan fingerprint density at radius 1 is 1.11 bits per heavy atom. The van der Waals surface area contributed by atoms with Crippen molar-refractivity contribution in [3.05, 3.63) is 71.3 Å². The predicted octanol–water partition coefficient (Wildman–Crippen LogP) is 3.92. The highest BCUT2D eigenvalue weighted by Crippen LogP contribution is 2.39. The summed E-state index contributed by atoms with van der Waals surface area (Å²) in [5, 5.41) is 13.5. The first-order valence-electron chi connectivity index (χ1n) is 10.6. The molecule has 0 aliphatic carbocycles. The molecule has 3 rings (SSSR count). The van der Waals surface area contributed by atoms with Crippen molar-refractivity contribution < 1.29 is 32.6 Å². The van der Waals surface area contributed by atoms with Crippen LogP contribution in [-0.4, -0.2) is 44.9 Å². The number of anilines is 2. The lowest BCUT2D eigenvalue weighted by Gasteiger charge is -2.12. The Morgan fingerprint density at radius 2 is 1.86 bits per heavy atom. The maximum atomic E-state index is 12.5. The van der Waals surface area contributed by atoms with Gasteiger partial charge >= 0.3 is 5.97 Å². The fourth-order valence-corrected chi connectivity index (χ4v) is 4.82. The third kappa shape index (κ3) is 7.62. The molecule has 3 aromatic rings. The molecule has 11 heteroatoms. The van der Waals surface area contributed by atoms with E-state index in [-0.39, 0.29) is 17.9 Å². The van der Waals surface area contributed by atoms with Gasteiger partial charge in [-0.25, -0.2) is 13.2 Å². The Balaban J connectivity index is 1.71. The van der Waals surface area contributed by atoms with Crippen LogP contribution in [0.1, 0.15) is 34.7 Å². The fraction of sp³-hybridized carbons (Fsp3) is 0.250. The van der Waals surface area contributed by atoms with Crippen LogP contribution in [0.15, 0.2) is 54.6 Å². The Bertz CT molecular complexity index is 1320. The van der Waals surface area contributed by atoms with E-state index in [2.05, 4.69) is 10.0 Å². The molecular weight excluding hydrogens is 492 g/mol. The van der Waals surface area contributed by atoms with Crippen LogP contribution >= 0.6 is 11.3 Å². The molecule has 1 atom stereocenters. The van der Waals surface area contributed by atoms with Crippen molar-refractivity contribution in [2.75, 3.05) is 29.5 Å². The van der Waals surface area contributed by atoms with Gasteiger partial charge in [-0.05, 0) is 43.7 Å². The Labute approximate surface area is 207 Å². The first-order valence-corrected chi connectivity index (χ1v) is 13.3. The third-order valence-electron chi connectivity index (χ3n) is 4.64. The zero-order chi connectivity index (χ0) is 25.6. The van der Waals surface area contributed by atoms with Gasteiger partial charge in [0, 0.05) is 22.7 Å². The van der Waals surface area contributed by atoms with E-state index in [9.17, 15) is 23.1 Å². The maximum absolute atomic E-state index is 12.5. The third-order valence-corrected chi connectivity index (χ3v) is 6.36. The normalized spacial score (nSPS) is 12.1. The highest BCUT2D eigenvalue weighted by Gasteiger charge is 2.20. The standard InChI is InChI=1S/C24H26N2O7S2/c1-4-32-24(29)19-13-20(16-8-5-7-15(2)11-16)34-22(19)25-21(27)14-33-23(28)17-9-6-10-18(12-17)26-35(3,30)31/h5-13,24,26,29H,4,14H2,1-3H3,(H,25,27). The quantitative estimate of drug-likeness (QED) is 0.274. The minimum Gasteiger partial charge on any atom is -0.452 e. The number of nitrogens with one attached hydrogen (secondary N) is 2. The van der Waals surface area contributed by atoms with E-state index >= 15 is 0 Å². The minimum atomic E-state index is -3.51. The molecule has 0 aliphatic rings. The zero-order valence-electron chi connectivity index (χ0n) is 19.4. The number of amides is 1. The molecule has 0 spiro atoms. The van der Waals surface area contributed by atoms with Crippen LogP contribution in [0.5, 0.6) is 0 Å². The van der Waals surface area contributed by atoms with E-state index in [0.717, 1.165) is 22.3 Å². The summed E-state index contributed by atoms with van der Waals surface area (Å²) in [6.45, 7) is 3.41. The number of benzene rings is 2. The van der Waals surface area contributed by atoms with Crippen molar-refractivity contribution in [1.82, 2.24) is 0 Å². The molecule has 1 heterocycles. The largest absolute Gasteiger partial charge is 0.452 e. The molecule has 0 saturated carbocycles. The van der Waals surface area contributed by atoms with Crippen molar-refractivity contribution in [3.8, 4) is 10.4 Å². The van der Waals surface area contributed by atoms with E-state index < -0.39 is 34.8 Å². The monoisotopic (exact) mass is 518 g/mol. The molecule has 0 radical (unpaired) electrons. The molecule has 0 fully saturated rings. The summed E-state index contributed by atoms with van der Waals surface area (Å²) in [7, 11) is -3.51. The lowest BCUT2D eigenvalue weighted by Crippen LogP contribution is -2.21. The number of carbonyl (C=O) groups is 2. The molecule has 0 aliphatic heterocycles. The molecule has 3 N–H and O–H groups in total. The Hall–Kier alpha value is -3.25. The van der Waals surface area contributed by atoms with Gasteiger partial charge in [0.05, 0.1) is 11.8 Å². The topological polar surface area (TPSA) is 131 Å². The average Bonchev–Trinajstić information content (AvgIpc) is 3.20. The van der Waals surface area contributed by atoms with Crippen LogP contribution in [0.3, 0.4) is 0 Å². The number of hydrogen-bond acceptors (Lipinski definition) is 8. The number of thiophene rings is 1. The van der Waals surface area contributed by atoms with E-state index in [1.54, 1.807) is 13.0 Å². The molecule has 2 aromatic carbocycles. The second-order valence-corrected chi connectivity index (χ2v) is 10.5. The summed E-state index contributed by atoms with van der Waals surface area (Å²) in [5.74, 6) is -1.40. The second-order valence-electron chi connectivity index (χ2n) is 7.65. The molecule has 9 nitrogen and oxygen atoms in total. The van der Waals surface area contributed by atoms with Crippen molar-refractivity contribution in [1.29, 1.82) is 0 Å². The fourth-order valence-electron chi connectivity index (χ4n) is 3.18. The van der Waals surface area contributed by atoms with E-state index in [0.29, 0.717) is 10.6 Å². The number of carbonyl (C=O) groups excluding carboxylic acids is 2. The van der Waals surface area contributed by atoms with E-state index in [1.165, 1.54) is 35.6 Å². The summed E-state index contributed by atoms with van der Waals surface area (Å²) in [4.78, 5) is 25.7. The van der Waals surface area contributed by atoms with Gasteiger partial charge in [-0.15, -0.1) is 11.3 Å².